The van der Waals surface area contributed by atoms with E-state index in [-0.39, 0.29) is 18.6 Å². The fourth-order valence-corrected chi connectivity index (χ4v) is 5.35. The summed E-state index contributed by atoms with van der Waals surface area (Å²) in [6.07, 6.45) is 0.607. The van der Waals surface area contributed by atoms with Gasteiger partial charge in [0.15, 0.2) is 0 Å². The van der Waals surface area contributed by atoms with Gasteiger partial charge in [0.25, 0.3) is 0 Å². The SMILES string of the molecule is CC1=C[C@@H]2O[C@H]3[C@@H](O)[C@@H](O)[C@@](C)(C2(COC(=O)CCl)CC1)[C@]31CO1. The first-order valence-corrected chi connectivity index (χ1v) is 8.90. The Labute approximate surface area is 145 Å². The van der Waals surface area contributed by atoms with E-state index in [1.54, 1.807) is 0 Å². The first-order chi connectivity index (χ1) is 11.3. The molecule has 2 saturated heterocycles. The second kappa shape index (κ2) is 5.17. The zero-order valence-corrected chi connectivity index (χ0v) is 14.6. The molecule has 1 spiro atoms. The molecule has 2 aliphatic carbocycles. The summed E-state index contributed by atoms with van der Waals surface area (Å²) in [7, 11) is 0. The van der Waals surface area contributed by atoms with E-state index in [1.807, 2.05) is 19.9 Å². The molecule has 4 aliphatic rings. The van der Waals surface area contributed by atoms with Gasteiger partial charge in [-0.25, -0.2) is 0 Å². The predicted octanol–water partition coefficient (Wildman–Crippen LogP) is 0.773. The molecule has 0 aromatic heterocycles. The largest absolute Gasteiger partial charge is 0.464 e. The number of allylic oxidation sites excluding steroid dienone is 1. The number of epoxide rings is 1. The van der Waals surface area contributed by atoms with Crippen LogP contribution in [-0.2, 0) is 19.0 Å². The third kappa shape index (κ3) is 1.78. The number of carbonyl (C=O) groups excluding carboxylic acids is 1. The number of hydrogen-bond donors (Lipinski definition) is 2. The van der Waals surface area contributed by atoms with Crippen LogP contribution in [0.3, 0.4) is 0 Å². The maximum absolute atomic E-state index is 11.7. The minimum absolute atomic E-state index is 0.0884. The molecule has 2 aliphatic heterocycles. The molecular formula is C17H23ClO6. The van der Waals surface area contributed by atoms with E-state index in [1.165, 1.54) is 5.57 Å². The average Bonchev–Trinajstić information content (AvgIpc) is 3.35. The van der Waals surface area contributed by atoms with Crippen molar-refractivity contribution in [3.63, 3.8) is 0 Å². The van der Waals surface area contributed by atoms with Crippen molar-refractivity contribution in [3.05, 3.63) is 11.6 Å². The van der Waals surface area contributed by atoms with Crippen molar-refractivity contribution in [1.82, 2.24) is 0 Å². The maximum atomic E-state index is 11.7. The van der Waals surface area contributed by atoms with Crippen LogP contribution in [0.15, 0.2) is 11.6 Å². The van der Waals surface area contributed by atoms with Gasteiger partial charge in [0.05, 0.1) is 18.8 Å². The second-order valence-electron chi connectivity index (χ2n) is 7.76. The van der Waals surface area contributed by atoms with Crippen LogP contribution in [0, 0.1) is 10.8 Å². The topological polar surface area (TPSA) is 88.5 Å². The summed E-state index contributed by atoms with van der Waals surface area (Å²) in [6.45, 7) is 4.49. The average molecular weight is 359 g/mol. The highest BCUT2D eigenvalue weighted by atomic mass is 35.5. The predicted molar refractivity (Wildman–Crippen MR) is 84.6 cm³/mol. The molecule has 4 rings (SSSR count). The van der Waals surface area contributed by atoms with Crippen LogP contribution in [0.5, 0.6) is 0 Å². The number of fused-ring (bicyclic) bond motifs is 2. The van der Waals surface area contributed by atoms with Crippen LogP contribution in [0.4, 0.5) is 0 Å². The molecule has 0 aromatic carbocycles. The van der Waals surface area contributed by atoms with E-state index in [9.17, 15) is 15.0 Å². The number of ether oxygens (including phenoxy) is 3. The number of hydrogen-bond acceptors (Lipinski definition) is 6. The lowest BCUT2D eigenvalue weighted by atomic mass is 9.51. The third-order valence-corrected chi connectivity index (χ3v) is 7.11. The van der Waals surface area contributed by atoms with Gasteiger partial charge in [0.1, 0.15) is 30.3 Å². The molecule has 2 N–H and O–H groups in total. The molecule has 0 radical (unpaired) electrons. The zero-order chi connectivity index (χ0) is 17.3. The normalized spacial score (nSPS) is 52.0. The Bertz CT molecular complexity index is 602. The summed E-state index contributed by atoms with van der Waals surface area (Å²) in [5, 5.41) is 21.5. The summed E-state index contributed by atoms with van der Waals surface area (Å²) in [6, 6.07) is 0. The molecule has 2 bridgehead atoms. The molecule has 6 nitrogen and oxygen atoms in total. The molecule has 134 valence electrons. The van der Waals surface area contributed by atoms with Crippen molar-refractivity contribution >= 4 is 17.6 Å². The Kier molecular flexibility index (Phi) is 3.62. The van der Waals surface area contributed by atoms with Crippen LogP contribution in [0.2, 0.25) is 0 Å². The molecule has 3 fully saturated rings. The van der Waals surface area contributed by atoms with E-state index >= 15 is 0 Å². The van der Waals surface area contributed by atoms with Gasteiger partial charge < -0.3 is 24.4 Å². The van der Waals surface area contributed by atoms with Gasteiger partial charge in [-0.1, -0.05) is 18.6 Å². The lowest BCUT2D eigenvalue weighted by Gasteiger charge is -2.57. The van der Waals surface area contributed by atoms with E-state index in [4.69, 9.17) is 25.8 Å². The smallest absolute Gasteiger partial charge is 0.320 e. The van der Waals surface area contributed by atoms with Gasteiger partial charge in [-0.15, -0.1) is 11.6 Å². The van der Waals surface area contributed by atoms with E-state index in [0.717, 1.165) is 6.42 Å². The Hall–Kier alpha value is -0.660. The summed E-state index contributed by atoms with van der Waals surface area (Å²) in [5.74, 6) is -0.719. The molecule has 0 aromatic rings. The van der Waals surface area contributed by atoms with Crippen molar-refractivity contribution in [2.45, 2.75) is 56.7 Å². The van der Waals surface area contributed by atoms with Crippen molar-refractivity contribution in [2.75, 3.05) is 19.1 Å². The van der Waals surface area contributed by atoms with Crippen molar-refractivity contribution in [2.24, 2.45) is 10.8 Å². The standard InChI is InChI=1S/C17H23ClO6/c1-9-3-4-16(7-22-11(19)6-18)10(5-9)24-14-12(20)13(21)15(16,2)17(14)8-23-17/h5,10,12-14,20-21H,3-4,6-8H2,1-2H3/t10-,12-,13+,14-,15-,16?,17-/m0/s1. The minimum atomic E-state index is -1.02. The Morgan fingerprint density at radius 3 is 2.83 bits per heavy atom. The van der Waals surface area contributed by atoms with Crippen LogP contribution < -0.4 is 0 Å². The van der Waals surface area contributed by atoms with E-state index in [0.29, 0.717) is 13.0 Å². The maximum Gasteiger partial charge on any atom is 0.320 e. The summed E-state index contributed by atoms with van der Waals surface area (Å²) >= 11 is 5.57. The molecular weight excluding hydrogens is 336 g/mol. The van der Waals surface area contributed by atoms with Crippen molar-refractivity contribution in [3.8, 4) is 0 Å². The quantitative estimate of drug-likeness (QED) is 0.335. The highest BCUT2D eigenvalue weighted by Crippen LogP contribution is 2.71. The van der Waals surface area contributed by atoms with Gasteiger partial charge in [-0.05, 0) is 19.8 Å². The number of halogens is 1. The summed E-state index contributed by atoms with van der Waals surface area (Å²) in [4.78, 5) is 11.7. The zero-order valence-electron chi connectivity index (χ0n) is 13.8. The Morgan fingerprint density at radius 1 is 1.50 bits per heavy atom. The van der Waals surface area contributed by atoms with Crippen LogP contribution in [-0.4, -0.2) is 65.3 Å². The number of esters is 1. The minimum Gasteiger partial charge on any atom is -0.464 e. The fraction of sp³-hybridized carbons (Fsp3) is 0.824. The second-order valence-corrected chi connectivity index (χ2v) is 8.02. The van der Waals surface area contributed by atoms with Gasteiger partial charge in [0, 0.05) is 10.8 Å². The van der Waals surface area contributed by atoms with E-state index < -0.39 is 40.7 Å². The number of aliphatic hydroxyl groups excluding tert-OH is 2. The number of carbonyl (C=O) groups is 1. The number of alkyl halides is 1. The Balaban J connectivity index is 1.80. The summed E-state index contributed by atoms with van der Waals surface area (Å²) < 4.78 is 17.4. The Morgan fingerprint density at radius 2 is 2.21 bits per heavy atom. The van der Waals surface area contributed by atoms with Crippen LogP contribution >= 0.6 is 11.6 Å². The van der Waals surface area contributed by atoms with Crippen molar-refractivity contribution < 1.29 is 29.2 Å². The molecule has 1 saturated carbocycles. The highest BCUT2D eigenvalue weighted by Gasteiger charge is 2.84. The highest BCUT2D eigenvalue weighted by molar-refractivity contribution is 6.26. The fourth-order valence-electron chi connectivity index (χ4n) is 5.28. The third-order valence-electron chi connectivity index (χ3n) is 6.89. The van der Waals surface area contributed by atoms with Gasteiger partial charge in [-0.3, -0.25) is 4.79 Å². The van der Waals surface area contributed by atoms with E-state index in [2.05, 4.69) is 0 Å². The lowest BCUT2D eigenvalue weighted by molar-refractivity contribution is -0.230. The number of rotatable bonds is 3. The van der Waals surface area contributed by atoms with Crippen LogP contribution in [0.1, 0.15) is 26.7 Å². The first kappa shape index (κ1) is 16.8. The molecule has 1 unspecified atom stereocenters. The summed E-state index contributed by atoms with van der Waals surface area (Å²) in [5.41, 5.74) is -0.942. The molecule has 7 atom stereocenters. The first-order valence-electron chi connectivity index (χ1n) is 8.37. The van der Waals surface area contributed by atoms with Gasteiger partial charge >= 0.3 is 5.97 Å². The van der Waals surface area contributed by atoms with Gasteiger partial charge in [-0.2, -0.15) is 0 Å². The monoisotopic (exact) mass is 358 g/mol. The lowest BCUT2D eigenvalue weighted by Crippen LogP contribution is -2.66. The molecule has 7 heteroatoms. The number of aliphatic hydroxyl groups is 2. The van der Waals surface area contributed by atoms with Crippen molar-refractivity contribution in [1.29, 1.82) is 0 Å². The molecule has 2 heterocycles. The van der Waals surface area contributed by atoms with Gasteiger partial charge in [0.2, 0.25) is 0 Å². The molecule has 0 amide bonds. The molecule has 24 heavy (non-hydrogen) atoms. The van der Waals surface area contributed by atoms with Crippen LogP contribution in [0.25, 0.3) is 0 Å².